The van der Waals surface area contributed by atoms with Gasteiger partial charge in [0.15, 0.2) is 0 Å². The monoisotopic (exact) mass is 386 g/mol. The van der Waals surface area contributed by atoms with Crippen LogP contribution >= 0.6 is 34.9 Å². The number of fused-ring (bicyclic) bond motifs is 1. The summed E-state index contributed by atoms with van der Waals surface area (Å²) in [7, 11) is 0. The summed E-state index contributed by atoms with van der Waals surface area (Å²) in [6.45, 7) is 0. The van der Waals surface area contributed by atoms with Gasteiger partial charge >= 0.3 is 6.18 Å². The minimum atomic E-state index is -4.36. The van der Waals surface area contributed by atoms with Gasteiger partial charge < -0.3 is 0 Å². The van der Waals surface area contributed by atoms with Crippen molar-refractivity contribution in [2.75, 3.05) is 6.26 Å². The molecule has 0 fully saturated rings. The Bertz CT molecular complexity index is 789. The van der Waals surface area contributed by atoms with Gasteiger partial charge in [-0.1, -0.05) is 12.2 Å². The Morgan fingerprint density at radius 2 is 1.92 bits per heavy atom. The van der Waals surface area contributed by atoms with E-state index in [1.54, 1.807) is 11.8 Å². The van der Waals surface area contributed by atoms with E-state index in [0.29, 0.717) is 9.77 Å². The van der Waals surface area contributed by atoms with Crippen molar-refractivity contribution in [3.63, 3.8) is 0 Å². The number of alkyl halides is 3. The van der Waals surface area contributed by atoms with Crippen molar-refractivity contribution in [1.82, 2.24) is 0 Å². The second-order valence-electron chi connectivity index (χ2n) is 5.17. The molecule has 1 aromatic heterocycles. The van der Waals surface area contributed by atoms with E-state index in [9.17, 15) is 18.0 Å². The lowest BCUT2D eigenvalue weighted by molar-refractivity contribution is -0.137. The number of carbonyl (C=O) groups is 1. The van der Waals surface area contributed by atoms with E-state index in [-0.39, 0.29) is 5.12 Å². The average molecular weight is 386 g/mol. The molecule has 0 unspecified atom stereocenters. The van der Waals surface area contributed by atoms with Crippen molar-refractivity contribution in [3.05, 3.63) is 51.9 Å². The normalized spacial score (nSPS) is 13.8. The number of allylic oxidation sites excluding steroid dienone is 1. The Hall–Kier alpha value is -1.18. The highest BCUT2D eigenvalue weighted by Gasteiger charge is 2.30. The Morgan fingerprint density at radius 1 is 1.21 bits per heavy atom. The first kappa shape index (κ1) is 17.6. The number of hydrogen-bond acceptors (Lipinski definition) is 4. The maximum atomic E-state index is 12.6. The molecule has 0 atom stereocenters. The molecule has 0 N–H and O–H groups in total. The van der Waals surface area contributed by atoms with Gasteiger partial charge in [-0.25, -0.2) is 0 Å². The molecule has 0 bridgehead atoms. The molecule has 0 radical (unpaired) electrons. The van der Waals surface area contributed by atoms with Crippen LogP contribution in [0.1, 0.15) is 32.8 Å². The lowest BCUT2D eigenvalue weighted by atomic mass is 10.0. The van der Waals surface area contributed by atoms with Crippen LogP contribution in [0.4, 0.5) is 13.2 Å². The van der Waals surface area contributed by atoms with Gasteiger partial charge in [-0.3, -0.25) is 4.79 Å². The number of rotatable bonds is 3. The largest absolute Gasteiger partial charge is 0.416 e. The van der Waals surface area contributed by atoms with Gasteiger partial charge in [-0.05, 0) is 60.7 Å². The number of benzene rings is 1. The molecule has 1 aliphatic carbocycles. The lowest BCUT2D eigenvalue weighted by Gasteiger charge is -2.09. The fraction of sp³-hybridized carbons (Fsp3) is 0.235. The zero-order valence-corrected chi connectivity index (χ0v) is 15.1. The van der Waals surface area contributed by atoms with Gasteiger partial charge in [-0.15, -0.1) is 23.1 Å². The van der Waals surface area contributed by atoms with Crippen LogP contribution < -0.4 is 0 Å². The molecule has 1 nitrogen and oxygen atoms in total. The lowest BCUT2D eigenvalue weighted by Crippen LogP contribution is -2.04. The molecule has 1 heterocycles. The van der Waals surface area contributed by atoms with Crippen molar-refractivity contribution in [3.8, 4) is 0 Å². The second kappa shape index (κ2) is 6.98. The molecule has 0 spiro atoms. The van der Waals surface area contributed by atoms with E-state index in [1.807, 2.05) is 6.26 Å². The van der Waals surface area contributed by atoms with Crippen LogP contribution in [0.25, 0.3) is 6.08 Å². The third kappa shape index (κ3) is 3.58. The van der Waals surface area contributed by atoms with Gasteiger partial charge in [-0.2, -0.15) is 13.2 Å². The fourth-order valence-electron chi connectivity index (χ4n) is 2.48. The van der Waals surface area contributed by atoms with Crippen molar-refractivity contribution in [2.45, 2.75) is 28.1 Å². The topological polar surface area (TPSA) is 17.1 Å². The summed E-state index contributed by atoms with van der Waals surface area (Å²) in [4.78, 5) is 13.8. The molecular weight excluding hydrogens is 373 g/mol. The molecule has 0 amide bonds. The summed E-state index contributed by atoms with van der Waals surface area (Å²) >= 11 is 4.07. The third-order valence-electron chi connectivity index (χ3n) is 3.62. The summed E-state index contributed by atoms with van der Waals surface area (Å²) < 4.78 is 38.9. The molecule has 24 heavy (non-hydrogen) atoms. The van der Waals surface area contributed by atoms with Gasteiger partial charge in [0.1, 0.15) is 0 Å². The smallest absolute Gasteiger partial charge is 0.280 e. The molecule has 1 aliphatic rings. The van der Waals surface area contributed by atoms with Crippen LogP contribution in [0.15, 0.2) is 39.4 Å². The summed E-state index contributed by atoms with van der Waals surface area (Å²) in [5, 5.41) is -0.105. The van der Waals surface area contributed by atoms with Crippen LogP contribution in [0.5, 0.6) is 0 Å². The molecule has 3 rings (SSSR count). The molecule has 1 aromatic carbocycles. The van der Waals surface area contributed by atoms with Crippen LogP contribution in [0.2, 0.25) is 0 Å². The summed E-state index contributed by atoms with van der Waals surface area (Å²) in [6, 6.07) is 4.72. The summed E-state index contributed by atoms with van der Waals surface area (Å²) in [6.07, 6.45) is 3.51. The number of thioether (sulfide) groups is 2. The predicted molar refractivity (Wildman–Crippen MR) is 95.1 cm³/mol. The van der Waals surface area contributed by atoms with Crippen LogP contribution in [0.3, 0.4) is 0 Å². The Kier molecular flexibility index (Phi) is 5.13. The first-order valence-electron chi connectivity index (χ1n) is 7.16. The molecule has 126 valence electrons. The van der Waals surface area contributed by atoms with Crippen molar-refractivity contribution < 1.29 is 18.0 Å². The standard InChI is InChI=1S/C17H13F3OS3/c1-22-16-13-5-3-2-4-12(13)14(24-16)15(21)23-11-8-6-10(7-9-11)17(18,19)20/h3,5-9H,2,4H2,1H3. The van der Waals surface area contributed by atoms with Crippen LogP contribution in [-0.4, -0.2) is 11.4 Å². The van der Waals surface area contributed by atoms with E-state index in [0.717, 1.165) is 52.1 Å². The maximum Gasteiger partial charge on any atom is 0.416 e. The van der Waals surface area contributed by atoms with Gasteiger partial charge in [0.2, 0.25) is 5.12 Å². The summed E-state index contributed by atoms with van der Waals surface area (Å²) in [5.74, 6) is 0. The van der Waals surface area contributed by atoms with Gasteiger partial charge in [0.05, 0.1) is 14.6 Å². The Balaban J connectivity index is 1.83. The van der Waals surface area contributed by atoms with Crippen molar-refractivity contribution in [1.29, 1.82) is 0 Å². The van der Waals surface area contributed by atoms with E-state index in [4.69, 9.17) is 0 Å². The fourth-order valence-corrected chi connectivity index (χ4v) is 5.33. The van der Waals surface area contributed by atoms with E-state index in [1.165, 1.54) is 23.5 Å². The maximum absolute atomic E-state index is 12.6. The highest BCUT2D eigenvalue weighted by Crippen LogP contribution is 2.41. The molecule has 2 aromatic rings. The second-order valence-corrected chi connectivity index (χ2v) is 8.31. The van der Waals surface area contributed by atoms with Crippen LogP contribution in [0, 0.1) is 0 Å². The van der Waals surface area contributed by atoms with E-state index >= 15 is 0 Å². The Morgan fingerprint density at radius 3 is 2.54 bits per heavy atom. The highest BCUT2D eigenvalue weighted by atomic mass is 32.2. The zero-order valence-electron chi connectivity index (χ0n) is 12.6. The SMILES string of the molecule is CSc1sc(C(=O)Sc2ccc(C(F)(F)F)cc2)c2c1C=CCC2. The average Bonchev–Trinajstić information content (AvgIpc) is 2.93. The highest BCUT2D eigenvalue weighted by molar-refractivity contribution is 8.14. The van der Waals surface area contributed by atoms with Gasteiger partial charge in [0, 0.05) is 10.5 Å². The van der Waals surface area contributed by atoms with Crippen LogP contribution in [-0.2, 0) is 12.6 Å². The molecular formula is C17H13F3OS3. The minimum Gasteiger partial charge on any atom is -0.280 e. The third-order valence-corrected chi connectivity index (χ3v) is 7.03. The molecule has 7 heteroatoms. The van der Waals surface area contributed by atoms with Gasteiger partial charge in [0.25, 0.3) is 0 Å². The number of thiophene rings is 1. The first-order chi connectivity index (χ1) is 11.4. The number of halogens is 3. The first-order valence-corrected chi connectivity index (χ1v) is 10.0. The number of hydrogen-bond donors (Lipinski definition) is 0. The molecule has 0 saturated heterocycles. The zero-order chi connectivity index (χ0) is 17.3. The van der Waals surface area contributed by atoms with Crippen molar-refractivity contribution in [2.24, 2.45) is 0 Å². The molecule has 0 saturated carbocycles. The molecule has 0 aliphatic heterocycles. The number of carbonyl (C=O) groups excluding carboxylic acids is 1. The minimum absolute atomic E-state index is 0.105. The predicted octanol–water partition coefficient (Wildman–Crippen LogP) is 6.38. The van der Waals surface area contributed by atoms with Crippen molar-refractivity contribution >= 4 is 46.1 Å². The van der Waals surface area contributed by atoms with E-state index < -0.39 is 11.7 Å². The van der Waals surface area contributed by atoms with E-state index in [2.05, 4.69) is 12.2 Å². The Labute approximate surface area is 150 Å². The summed E-state index contributed by atoms with van der Waals surface area (Å²) in [5.41, 5.74) is 1.48. The quantitative estimate of drug-likeness (QED) is 0.570.